The van der Waals surface area contributed by atoms with Crippen molar-refractivity contribution in [2.24, 2.45) is 17.8 Å². The summed E-state index contributed by atoms with van der Waals surface area (Å²) in [5.41, 5.74) is 0. The van der Waals surface area contributed by atoms with E-state index in [9.17, 15) is 9.90 Å². The molecule has 1 N–H and O–H groups in total. The van der Waals surface area contributed by atoms with Crippen molar-refractivity contribution >= 4 is 48.9 Å². The van der Waals surface area contributed by atoms with Gasteiger partial charge in [0.05, 0.1) is 0 Å². The van der Waals surface area contributed by atoms with Gasteiger partial charge in [-0.25, -0.2) is 0 Å². The molecule has 2 fully saturated rings. The van der Waals surface area contributed by atoms with Gasteiger partial charge >= 0.3 is 286 Å². The number of ether oxygens (including phenoxy) is 2. The summed E-state index contributed by atoms with van der Waals surface area (Å²) in [5, 5.41) is 11.8. The zero-order valence-electron chi connectivity index (χ0n) is 26.8. The normalized spacial score (nSPS) is 25.9. The first-order valence-electron chi connectivity index (χ1n) is 16.5. The van der Waals surface area contributed by atoms with Gasteiger partial charge in [0, 0.05) is 0 Å². The molecule has 7 heteroatoms. The molecule has 3 aromatic carbocycles. The number of carbonyl (C=O) groups is 1. The van der Waals surface area contributed by atoms with Crippen LogP contribution in [0.3, 0.4) is 0 Å². The van der Waals surface area contributed by atoms with E-state index in [1.165, 1.54) is 16.2 Å². The molecule has 242 valence electrons. The number of cyclic esters (lactones) is 1. The van der Waals surface area contributed by atoms with Gasteiger partial charge in [0.2, 0.25) is 0 Å². The van der Waals surface area contributed by atoms with Crippen molar-refractivity contribution in [1.29, 1.82) is 0 Å². The van der Waals surface area contributed by atoms with Crippen LogP contribution in [0.2, 0.25) is 4.31 Å². The maximum atomic E-state index is 13.8. The van der Waals surface area contributed by atoms with E-state index in [2.05, 4.69) is 93.6 Å². The van der Waals surface area contributed by atoms with E-state index < -0.39 is 16.7 Å². The Morgan fingerprint density at radius 3 is 2.07 bits per heavy atom. The average molecular weight is 712 g/mol. The maximum absolute atomic E-state index is 13.8. The summed E-state index contributed by atoms with van der Waals surface area (Å²) in [6.07, 6.45) is 5.93. The predicted molar refractivity (Wildman–Crippen MR) is 188 cm³/mol. The van der Waals surface area contributed by atoms with Crippen molar-refractivity contribution in [1.82, 2.24) is 0 Å². The Morgan fingerprint density at radius 2 is 1.47 bits per heavy atom. The Hall–Kier alpha value is -1.73. The molecule has 5 rings (SSSR count). The van der Waals surface area contributed by atoms with E-state index in [1.54, 1.807) is 0 Å². The van der Waals surface area contributed by atoms with E-state index >= 15 is 0 Å². The van der Waals surface area contributed by atoms with Crippen molar-refractivity contribution in [3.63, 3.8) is 0 Å². The number of aliphatic hydroxyl groups excluding tert-OH is 1. The van der Waals surface area contributed by atoms with Crippen LogP contribution in [0.5, 0.6) is 0 Å². The molecular weight excluding hydrogens is 664 g/mol. The Bertz CT molecular complexity index is 1270. The van der Waals surface area contributed by atoms with Gasteiger partial charge in [-0.3, -0.25) is 0 Å². The first kappa shape index (κ1) is 34.6. The standard InChI is InChI=1S/C38H48O4S2Se/c1-27(2)32-24-23-28(3)25-33(32)41-35-26-38(37(40)42-35,45-31-19-11-6-12-20-31)34(39)21-13-14-22-36(43-29-15-7-4-8-16-29)44-30-17-9-5-10-18-30/h4-12,15-20,27-28,32-36,39H,13-14,21-26H2,1-3H3/t28-,32+,33-,34-,35-,38?/m1/s1. The molecule has 0 spiro atoms. The van der Waals surface area contributed by atoms with Crippen LogP contribution < -0.4 is 4.46 Å². The van der Waals surface area contributed by atoms with E-state index in [0.29, 0.717) is 35.2 Å². The summed E-state index contributed by atoms with van der Waals surface area (Å²) in [6.45, 7) is 6.83. The fourth-order valence-electron chi connectivity index (χ4n) is 6.58. The van der Waals surface area contributed by atoms with E-state index in [0.717, 1.165) is 36.6 Å². The molecule has 4 nitrogen and oxygen atoms in total. The van der Waals surface area contributed by atoms with Crippen LogP contribution in [0.15, 0.2) is 101 Å². The predicted octanol–water partition coefficient (Wildman–Crippen LogP) is 8.76. The van der Waals surface area contributed by atoms with Crippen LogP contribution in [0.1, 0.15) is 72.1 Å². The second-order valence-corrected chi connectivity index (χ2v) is 18.7. The van der Waals surface area contributed by atoms with Crippen molar-refractivity contribution in [3.8, 4) is 0 Å². The minimum atomic E-state index is -0.941. The van der Waals surface area contributed by atoms with Gasteiger partial charge < -0.3 is 0 Å². The molecule has 0 aromatic heterocycles. The molecule has 3 aromatic rings. The van der Waals surface area contributed by atoms with Gasteiger partial charge in [0.25, 0.3) is 0 Å². The fourth-order valence-corrected chi connectivity index (χ4v) is 12.0. The van der Waals surface area contributed by atoms with E-state index in [1.807, 2.05) is 41.7 Å². The molecule has 0 amide bonds. The number of hydrogen-bond donors (Lipinski definition) is 1. The number of benzene rings is 3. The molecule has 45 heavy (non-hydrogen) atoms. The topological polar surface area (TPSA) is 55.8 Å². The van der Waals surface area contributed by atoms with Crippen LogP contribution in [0.4, 0.5) is 0 Å². The molecule has 2 aliphatic rings. The first-order valence-corrected chi connectivity index (χ1v) is 20.0. The van der Waals surface area contributed by atoms with Crippen LogP contribution >= 0.6 is 23.5 Å². The first-order chi connectivity index (χ1) is 21.8. The number of esters is 1. The molecule has 1 heterocycles. The molecule has 6 atom stereocenters. The number of aliphatic hydroxyl groups is 1. The van der Waals surface area contributed by atoms with Crippen molar-refractivity contribution < 1.29 is 19.4 Å². The quantitative estimate of drug-likeness (QED) is 0.0560. The van der Waals surface area contributed by atoms with Crippen molar-refractivity contribution in [2.75, 3.05) is 0 Å². The molecule has 1 aliphatic heterocycles. The van der Waals surface area contributed by atoms with Crippen LogP contribution in [-0.2, 0) is 14.3 Å². The van der Waals surface area contributed by atoms with Crippen LogP contribution in [0, 0.1) is 17.8 Å². The number of rotatable bonds is 15. The SMILES string of the molecule is CC(C)[C@@H]1CC[C@@H](C)C[C@H]1O[C@H]1CC([Se]c2ccccc2)([C@H](O)CCCCC(Sc2ccccc2)Sc2ccccc2)C(=O)O1. The van der Waals surface area contributed by atoms with Gasteiger partial charge in [-0.05, 0) is 0 Å². The minimum absolute atomic E-state index is 0.0879. The van der Waals surface area contributed by atoms with Crippen LogP contribution in [-0.4, -0.2) is 49.1 Å². The molecular formula is C38H48O4S2Se. The zero-order valence-corrected chi connectivity index (χ0v) is 30.1. The van der Waals surface area contributed by atoms with Gasteiger partial charge in [-0.15, -0.1) is 0 Å². The summed E-state index contributed by atoms with van der Waals surface area (Å²) in [6, 6.07) is 31.3. The molecule has 1 unspecified atom stereocenters. The van der Waals surface area contributed by atoms with Gasteiger partial charge in [0.1, 0.15) is 0 Å². The Balaban J connectivity index is 1.24. The van der Waals surface area contributed by atoms with Gasteiger partial charge in [-0.1, -0.05) is 0 Å². The second-order valence-electron chi connectivity index (χ2n) is 12.9. The average Bonchev–Trinajstić information content (AvgIpc) is 3.35. The van der Waals surface area contributed by atoms with Gasteiger partial charge in [-0.2, -0.15) is 0 Å². The number of thioether (sulfide) groups is 2. The molecule has 1 saturated heterocycles. The third-order valence-electron chi connectivity index (χ3n) is 9.11. The summed E-state index contributed by atoms with van der Waals surface area (Å²) < 4.78 is 13.2. The number of carbonyl (C=O) groups excluding carboxylic acids is 1. The third-order valence-corrected chi connectivity index (χ3v) is 14.9. The van der Waals surface area contributed by atoms with Crippen molar-refractivity contribution in [2.45, 2.75) is 109 Å². The summed E-state index contributed by atoms with van der Waals surface area (Å²) >= 11 is 3.52. The Morgan fingerprint density at radius 1 is 0.889 bits per heavy atom. The second kappa shape index (κ2) is 16.9. The fraction of sp³-hybridized carbons (Fsp3) is 0.500. The molecule has 1 saturated carbocycles. The number of unbranched alkanes of at least 4 members (excludes halogenated alkanes) is 1. The Labute approximate surface area is 285 Å². The summed E-state index contributed by atoms with van der Waals surface area (Å²) in [5.74, 6) is 1.31. The van der Waals surface area contributed by atoms with Gasteiger partial charge in [0.15, 0.2) is 0 Å². The van der Waals surface area contributed by atoms with E-state index in [-0.39, 0.29) is 27.0 Å². The molecule has 0 radical (unpaired) electrons. The Kier molecular flexibility index (Phi) is 13.0. The summed E-state index contributed by atoms with van der Waals surface area (Å²) in [7, 11) is 0. The monoisotopic (exact) mass is 712 g/mol. The zero-order chi connectivity index (χ0) is 31.6. The van der Waals surface area contributed by atoms with E-state index in [4.69, 9.17) is 9.47 Å². The molecule has 0 bridgehead atoms. The van der Waals surface area contributed by atoms with Crippen molar-refractivity contribution in [3.05, 3.63) is 91.0 Å². The third kappa shape index (κ3) is 9.65. The van der Waals surface area contributed by atoms with Crippen LogP contribution in [0.25, 0.3) is 0 Å². The molecule has 1 aliphatic carbocycles. The summed E-state index contributed by atoms with van der Waals surface area (Å²) in [4.78, 5) is 16.3. The number of hydrogen-bond acceptors (Lipinski definition) is 6.